The number of aromatic amines is 1. The van der Waals surface area contributed by atoms with Gasteiger partial charge in [-0.3, -0.25) is 4.79 Å². The Hall–Kier alpha value is -2.64. The first-order chi connectivity index (χ1) is 10.4. The molecule has 22 heavy (non-hydrogen) atoms. The highest BCUT2D eigenvalue weighted by atomic mass is 32.2. The average Bonchev–Trinajstić information content (AvgIpc) is 2.46. The molecule has 1 heterocycles. The van der Waals surface area contributed by atoms with Gasteiger partial charge in [0.15, 0.2) is 5.75 Å². The summed E-state index contributed by atoms with van der Waals surface area (Å²) in [5.41, 5.74) is 1.01. The summed E-state index contributed by atoms with van der Waals surface area (Å²) in [4.78, 5) is 15.0. The normalized spacial score (nSPS) is 11.5. The molecule has 3 rings (SSSR count). The monoisotopic (exact) mass is 316 g/mol. The van der Waals surface area contributed by atoms with E-state index in [-0.39, 0.29) is 11.3 Å². The number of hydrogen-bond acceptors (Lipinski definition) is 4. The molecule has 2 aromatic carbocycles. The van der Waals surface area contributed by atoms with Crippen LogP contribution >= 0.6 is 0 Å². The number of hydrogen-bond donors (Lipinski definition) is 2. The lowest BCUT2D eigenvalue weighted by Gasteiger charge is -2.09. The Labute approximate surface area is 126 Å². The number of benzene rings is 2. The Morgan fingerprint density at radius 3 is 2.41 bits per heavy atom. The zero-order chi connectivity index (χ0) is 15.7. The molecule has 3 N–H and O–H groups in total. The van der Waals surface area contributed by atoms with Gasteiger partial charge < -0.3 is 9.17 Å². The molecule has 0 aliphatic heterocycles. The molecule has 0 radical (unpaired) electrons. The van der Waals surface area contributed by atoms with Crippen molar-refractivity contribution in [3.05, 3.63) is 65.0 Å². The lowest BCUT2D eigenvalue weighted by atomic mass is 10.0. The van der Waals surface area contributed by atoms with Gasteiger partial charge in [0.2, 0.25) is 0 Å². The van der Waals surface area contributed by atoms with Crippen LogP contribution in [0.1, 0.15) is 0 Å². The quantitative estimate of drug-likeness (QED) is 0.768. The molecule has 6 nitrogen and oxygen atoms in total. The highest BCUT2D eigenvalue weighted by Crippen LogP contribution is 2.29. The van der Waals surface area contributed by atoms with Gasteiger partial charge in [-0.05, 0) is 23.6 Å². The van der Waals surface area contributed by atoms with Crippen molar-refractivity contribution >= 4 is 21.2 Å². The highest BCUT2D eigenvalue weighted by Gasteiger charge is 2.14. The predicted octanol–water partition coefficient (Wildman–Crippen LogP) is 1.78. The molecular weight excluding hydrogens is 304 g/mol. The SMILES string of the molecule is NS(=O)(=O)Oc1ccccc1-c1cc2ccccc2[nH]c1=O. The van der Waals surface area contributed by atoms with Crippen molar-refractivity contribution in [3.8, 4) is 16.9 Å². The van der Waals surface area contributed by atoms with E-state index in [0.29, 0.717) is 16.6 Å². The van der Waals surface area contributed by atoms with Gasteiger partial charge in [-0.25, -0.2) is 0 Å². The van der Waals surface area contributed by atoms with Crippen LogP contribution in [0.15, 0.2) is 59.4 Å². The lowest BCUT2D eigenvalue weighted by Crippen LogP contribution is -2.19. The number of nitrogens with two attached hydrogens (primary N) is 1. The third-order valence-corrected chi connectivity index (χ3v) is 3.55. The number of H-pyrrole nitrogens is 1. The first kappa shape index (κ1) is 14.3. The molecule has 0 amide bonds. The number of fused-ring (bicyclic) bond motifs is 1. The molecule has 0 fully saturated rings. The van der Waals surface area contributed by atoms with E-state index in [4.69, 9.17) is 9.32 Å². The molecule has 0 bridgehead atoms. The molecular formula is C15H12N2O4S. The molecule has 0 aliphatic rings. The van der Waals surface area contributed by atoms with Crippen molar-refractivity contribution in [2.75, 3.05) is 0 Å². The second-order valence-electron chi connectivity index (χ2n) is 4.67. The van der Waals surface area contributed by atoms with Crippen molar-refractivity contribution in [2.45, 2.75) is 0 Å². The third kappa shape index (κ3) is 2.85. The largest absolute Gasteiger partial charge is 0.380 e. The smallest absolute Gasteiger partial charge is 0.370 e. The summed E-state index contributed by atoms with van der Waals surface area (Å²) in [6, 6.07) is 15.3. The Balaban J connectivity index is 2.24. The molecule has 1 aromatic heterocycles. The van der Waals surface area contributed by atoms with Gasteiger partial charge in [0, 0.05) is 11.1 Å². The van der Waals surface area contributed by atoms with Crippen molar-refractivity contribution in [1.82, 2.24) is 4.98 Å². The van der Waals surface area contributed by atoms with E-state index in [9.17, 15) is 13.2 Å². The van der Waals surface area contributed by atoms with Crippen molar-refractivity contribution < 1.29 is 12.6 Å². The molecule has 0 aliphatic carbocycles. The number of aromatic nitrogens is 1. The number of nitrogens with one attached hydrogen (secondary N) is 1. The van der Waals surface area contributed by atoms with Crippen LogP contribution in [0.2, 0.25) is 0 Å². The first-order valence-electron chi connectivity index (χ1n) is 6.38. The first-order valence-corrected chi connectivity index (χ1v) is 7.85. The zero-order valence-corrected chi connectivity index (χ0v) is 12.1. The van der Waals surface area contributed by atoms with Crippen LogP contribution in [0.3, 0.4) is 0 Å². The molecule has 112 valence electrons. The minimum Gasteiger partial charge on any atom is -0.370 e. The molecule has 0 saturated carbocycles. The summed E-state index contributed by atoms with van der Waals surface area (Å²) >= 11 is 0. The van der Waals surface area contributed by atoms with Crippen LogP contribution in [-0.4, -0.2) is 13.4 Å². The van der Waals surface area contributed by atoms with E-state index in [0.717, 1.165) is 5.39 Å². The summed E-state index contributed by atoms with van der Waals surface area (Å²) in [7, 11) is -4.18. The molecule has 0 atom stereocenters. The van der Waals surface area contributed by atoms with E-state index in [1.54, 1.807) is 30.3 Å². The molecule has 3 aromatic rings. The lowest BCUT2D eigenvalue weighted by molar-refractivity contribution is 0.488. The van der Waals surface area contributed by atoms with Crippen molar-refractivity contribution in [2.24, 2.45) is 5.14 Å². The van der Waals surface area contributed by atoms with E-state index in [1.807, 2.05) is 18.2 Å². The van der Waals surface area contributed by atoms with Crippen LogP contribution in [0, 0.1) is 0 Å². The van der Waals surface area contributed by atoms with E-state index in [2.05, 4.69) is 4.98 Å². The fraction of sp³-hybridized carbons (Fsp3) is 0. The van der Waals surface area contributed by atoms with E-state index < -0.39 is 10.3 Å². The van der Waals surface area contributed by atoms with Gasteiger partial charge in [-0.2, -0.15) is 13.6 Å². The minimum absolute atomic E-state index is 0.00535. The average molecular weight is 316 g/mol. The maximum atomic E-state index is 12.3. The van der Waals surface area contributed by atoms with Crippen LogP contribution < -0.4 is 14.9 Å². The van der Waals surface area contributed by atoms with Gasteiger partial charge in [0.25, 0.3) is 5.56 Å². The number of pyridine rings is 1. The highest BCUT2D eigenvalue weighted by molar-refractivity contribution is 7.84. The Morgan fingerprint density at radius 2 is 1.64 bits per heavy atom. The maximum absolute atomic E-state index is 12.3. The minimum atomic E-state index is -4.18. The second-order valence-corrected chi connectivity index (χ2v) is 5.82. The van der Waals surface area contributed by atoms with Crippen molar-refractivity contribution in [3.63, 3.8) is 0 Å². The topological polar surface area (TPSA) is 102 Å². The van der Waals surface area contributed by atoms with Crippen molar-refractivity contribution in [1.29, 1.82) is 0 Å². The van der Waals surface area contributed by atoms with Gasteiger partial charge in [0.05, 0.1) is 5.56 Å². The van der Waals surface area contributed by atoms with Gasteiger partial charge in [-0.1, -0.05) is 36.4 Å². The summed E-state index contributed by atoms with van der Waals surface area (Å²) in [5.74, 6) is 0.00535. The van der Waals surface area contributed by atoms with Crippen LogP contribution in [-0.2, 0) is 10.3 Å². The van der Waals surface area contributed by atoms with Gasteiger partial charge >= 0.3 is 10.3 Å². The Morgan fingerprint density at radius 1 is 0.955 bits per heavy atom. The number of rotatable bonds is 3. The Kier molecular flexibility index (Phi) is 3.44. The molecule has 7 heteroatoms. The molecule has 0 unspecified atom stereocenters. The fourth-order valence-corrected chi connectivity index (χ4v) is 2.63. The van der Waals surface area contributed by atoms with Crippen LogP contribution in [0.5, 0.6) is 5.75 Å². The molecule has 0 saturated heterocycles. The van der Waals surface area contributed by atoms with E-state index in [1.165, 1.54) is 6.07 Å². The summed E-state index contributed by atoms with van der Waals surface area (Å²) in [6.07, 6.45) is 0. The zero-order valence-electron chi connectivity index (χ0n) is 11.3. The summed E-state index contributed by atoms with van der Waals surface area (Å²) in [6.45, 7) is 0. The maximum Gasteiger partial charge on any atom is 0.380 e. The van der Waals surface area contributed by atoms with E-state index >= 15 is 0 Å². The van der Waals surface area contributed by atoms with Gasteiger partial charge in [0.1, 0.15) is 0 Å². The fourth-order valence-electron chi connectivity index (χ4n) is 2.23. The standard InChI is InChI=1S/C15H12N2O4S/c16-22(19,20)21-14-8-4-2-6-11(14)12-9-10-5-1-3-7-13(10)17-15(12)18/h1-9H,(H,17,18)(H2,16,19,20). The predicted molar refractivity (Wildman–Crippen MR) is 83.7 cm³/mol. The van der Waals surface area contributed by atoms with Crippen LogP contribution in [0.4, 0.5) is 0 Å². The summed E-state index contributed by atoms with van der Waals surface area (Å²) < 4.78 is 27.1. The third-order valence-electron chi connectivity index (χ3n) is 3.14. The Bertz CT molecular complexity index is 1010. The molecule has 0 spiro atoms. The van der Waals surface area contributed by atoms with Gasteiger partial charge in [-0.15, -0.1) is 0 Å². The number of para-hydroxylation sites is 2. The second kappa shape index (κ2) is 5.28. The van der Waals surface area contributed by atoms with Crippen LogP contribution in [0.25, 0.3) is 22.0 Å². The summed E-state index contributed by atoms with van der Waals surface area (Å²) in [5, 5.41) is 5.73.